The Balaban J connectivity index is 2.28. The summed E-state index contributed by atoms with van der Waals surface area (Å²) in [6.45, 7) is 3.88. The zero-order chi connectivity index (χ0) is 7.40. The first-order valence-corrected chi connectivity index (χ1v) is 4.14. The van der Waals surface area contributed by atoms with Gasteiger partial charge in [0, 0.05) is 12.6 Å². The molecule has 1 aliphatic heterocycles. The molecule has 2 nitrogen and oxygen atoms in total. The van der Waals surface area contributed by atoms with Crippen molar-refractivity contribution in [1.29, 1.82) is 0 Å². The number of hydrogen-bond donors (Lipinski definition) is 1. The highest BCUT2D eigenvalue weighted by Gasteiger charge is 2.15. The summed E-state index contributed by atoms with van der Waals surface area (Å²) in [5.41, 5.74) is 5.76. The molecule has 1 saturated heterocycles. The van der Waals surface area contributed by atoms with E-state index in [1.54, 1.807) is 0 Å². The van der Waals surface area contributed by atoms with E-state index in [-0.39, 0.29) is 0 Å². The van der Waals surface area contributed by atoms with Gasteiger partial charge in [0.15, 0.2) is 0 Å². The molecule has 0 aromatic heterocycles. The maximum absolute atomic E-state index is 5.76. The van der Waals surface area contributed by atoms with Crippen LogP contribution in [0.1, 0.15) is 26.2 Å². The highest BCUT2D eigenvalue weighted by atomic mass is 16.5. The number of nitrogens with two attached hydrogens (primary N) is 1. The van der Waals surface area contributed by atoms with Crippen molar-refractivity contribution >= 4 is 0 Å². The minimum Gasteiger partial charge on any atom is -0.381 e. The summed E-state index contributed by atoms with van der Waals surface area (Å²) in [5.74, 6) is 0.600. The predicted molar refractivity (Wildman–Crippen MR) is 41.8 cm³/mol. The molecule has 1 heterocycles. The molecule has 1 fully saturated rings. The average Bonchev–Trinajstić information content (AvgIpc) is 2.12. The second kappa shape index (κ2) is 3.94. The lowest BCUT2D eigenvalue weighted by Gasteiger charge is -2.16. The molecular formula is C8H17NO. The third kappa shape index (κ3) is 2.27. The molecule has 10 heavy (non-hydrogen) atoms. The lowest BCUT2D eigenvalue weighted by Crippen LogP contribution is -2.29. The van der Waals surface area contributed by atoms with Crippen LogP contribution in [0.5, 0.6) is 0 Å². The minimum atomic E-state index is 0.304. The zero-order valence-corrected chi connectivity index (χ0v) is 6.68. The van der Waals surface area contributed by atoms with Gasteiger partial charge in [-0.2, -0.15) is 0 Å². The highest BCUT2D eigenvalue weighted by Crippen LogP contribution is 2.15. The fourth-order valence-electron chi connectivity index (χ4n) is 1.34. The molecule has 60 valence electrons. The molecule has 0 aromatic carbocycles. The van der Waals surface area contributed by atoms with Gasteiger partial charge >= 0.3 is 0 Å². The lowest BCUT2D eigenvalue weighted by molar-refractivity contribution is 0.109. The van der Waals surface area contributed by atoms with E-state index in [0.717, 1.165) is 13.2 Å². The molecule has 0 aliphatic carbocycles. The maximum Gasteiger partial charge on any atom is 0.0508 e. The SMILES string of the molecule is CC(N)C1CCCCOC1. The van der Waals surface area contributed by atoms with Crippen LogP contribution in [-0.2, 0) is 4.74 Å². The van der Waals surface area contributed by atoms with Crippen LogP contribution in [0.3, 0.4) is 0 Å². The first-order valence-electron chi connectivity index (χ1n) is 4.14. The van der Waals surface area contributed by atoms with Crippen molar-refractivity contribution in [2.75, 3.05) is 13.2 Å². The van der Waals surface area contributed by atoms with Gasteiger partial charge in [-0.1, -0.05) is 6.42 Å². The van der Waals surface area contributed by atoms with Crippen molar-refractivity contribution in [3.8, 4) is 0 Å². The zero-order valence-electron chi connectivity index (χ0n) is 6.68. The molecule has 0 spiro atoms. The molecule has 2 heteroatoms. The normalized spacial score (nSPS) is 31.2. The van der Waals surface area contributed by atoms with E-state index >= 15 is 0 Å². The van der Waals surface area contributed by atoms with Crippen LogP contribution < -0.4 is 5.73 Å². The van der Waals surface area contributed by atoms with E-state index in [1.807, 2.05) is 0 Å². The smallest absolute Gasteiger partial charge is 0.0508 e. The molecule has 2 atom stereocenters. The van der Waals surface area contributed by atoms with Crippen LogP contribution in [0.25, 0.3) is 0 Å². The quantitative estimate of drug-likeness (QED) is 0.597. The van der Waals surface area contributed by atoms with Crippen LogP contribution in [0.2, 0.25) is 0 Å². The Hall–Kier alpha value is -0.0800. The van der Waals surface area contributed by atoms with Crippen LogP contribution in [0.15, 0.2) is 0 Å². The molecule has 0 radical (unpaired) electrons. The van der Waals surface area contributed by atoms with Gasteiger partial charge in [-0.15, -0.1) is 0 Å². The fraction of sp³-hybridized carbons (Fsp3) is 1.00. The molecule has 0 bridgehead atoms. The number of hydrogen-bond acceptors (Lipinski definition) is 2. The van der Waals surface area contributed by atoms with E-state index in [0.29, 0.717) is 12.0 Å². The monoisotopic (exact) mass is 143 g/mol. The predicted octanol–water partition coefficient (Wildman–Crippen LogP) is 1.15. The Morgan fingerprint density at radius 3 is 3.00 bits per heavy atom. The minimum absolute atomic E-state index is 0.304. The second-order valence-electron chi connectivity index (χ2n) is 3.19. The summed E-state index contributed by atoms with van der Waals surface area (Å²) in [6.07, 6.45) is 3.74. The van der Waals surface area contributed by atoms with Crippen molar-refractivity contribution in [2.24, 2.45) is 11.7 Å². The molecule has 0 aromatic rings. The van der Waals surface area contributed by atoms with Gasteiger partial charge in [0.2, 0.25) is 0 Å². The van der Waals surface area contributed by atoms with Gasteiger partial charge < -0.3 is 10.5 Å². The van der Waals surface area contributed by atoms with E-state index in [9.17, 15) is 0 Å². The topological polar surface area (TPSA) is 35.2 Å². The van der Waals surface area contributed by atoms with Crippen molar-refractivity contribution in [3.63, 3.8) is 0 Å². The van der Waals surface area contributed by atoms with E-state index in [2.05, 4.69) is 6.92 Å². The van der Waals surface area contributed by atoms with Crippen molar-refractivity contribution in [1.82, 2.24) is 0 Å². The Morgan fingerprint density at radius 1 is 1.50 bits per heavy atom. The van der Waals surface area contributed by atoms with Gasteiger partial charge in [0.05, 0.1) is 6.61 Å². The second-order valence-corrected chi connectivity index (χ2v) is 3.19. The summed E-state index contributed by atoms with van der Waals surface area (Å²) >= 11 is 0. The number of ether oxygens (including phenoxy) is 1. The van der Waals surface area contributed by atoms with Gasteiger partial charge in [0.1, 0.15) is 0 Å². The van der Waals surface area contributed by atoms with Gasteiger partial charge in [-0.25, -0.2) is 0 Å². The highest BCUT2D eigenvalue weighted by molar-refractivity contribution is 4.69. The molecule has 1 aliphatic rings. The largest absolute Gasteiger partial charge is 0.381 e. The summed E-state index contributed by atoms with van der Waals surface area (Å²) in [4.78, 5) is 0. The molecule has 0 saturated carbocycles. The molecule has 1 rings (SSSR count). The summed E-state index contributed by atoms with van der Waals surface area (Å²) in [7, 11) is 0. The third-order valence-electron chi connectivity index (χ3n) is 2.19. The van der Waals surface area contributed by atoms with Crippen molar-refractivity contribution < 1.29 is 4.74 Å². The van der Waals surface area contributed by atoms with Crippen LogP contribution in [0, 0.1) is 5.92 Å². The molecule has 2 N–H and O–H groups in total. The van der Waals surface area contributed by atoms with Crippen LogP contribution >= 0.6 is 0 Å². The van der Waals surface area contributed by atoms with Gasteiger partial charge in [-0.05, 0) is 25.7 Å². The third-order valence-corrected chi connectivity index (χ3v) is 2.19. The Bertz CT molecular complexity index is 85.3. The standard InChI is InChI=1S/C8H17NO/c1-7(9)8-4-2-3-5-10-6-8/h7-8H,2-6,9H2,1H3. The van der Waals surface area contributed by atoms with E-state index in [4.69, 9.17) is 10.5 Å². The Morgan fingerprint density at radius 2 is 2.30 bits per heavy atom. The number of rotatable bonds is 1. The lowest BCUT2D eigenvalue weighted by atomic mass is 9.97. The van der Waals surface area contributed by atoms with E-state index in [1.165, 1.54) is 19.3 Å². The average molecular weight is 143 g/mol. The summed E-state index contributed by atoms with van der Waals surface area (Å²) in [5, 5.41) is 0. The van der Waals surface area contributed by atoms with Crippen LogP contribution in [-0.4, -0.2) is 19.3 Å². The first kappa shape index (κ1) is 8.02. The first-order chi connectivity index (χ1) is 4.80. The fourth-order valence-corrected chi connectivity index (χ4v) is 1.34. The van der Waals surface area contributed by atoms with Crippen molar-refractivity contribution in [3.05, 3.63) is 0 Å². The van der Waals surface area contributed by atoms with Crippen LogP contribution in [0.4, 0.5) is 0 Å². The summed E-state index contributed by atoms with van der Waals surface area (Å²) < 4.78 is 5.39. The Labute approximate surface area is 62.7 Å². The maximum atomic E-state index is 5.76. The van der Waals surface area contributed by atoms with E-state index < -0.39 is 0 Å². The molecule has 0 amide bonds. The Kier molecular flexibility index (Phi) is 3.16. The van der Waals surface area contributed by atoms with Gasteiger partial charge in [0.25, 0.3) is 0 Å². The van der Waals surface area contributed by atoms with Gasteiger partial charge in [-0.3, -0.25) is 0 Å². The van der Waals surface area contributed by atoms with Crippen molar-refractivity contribution in [2.45, 2.75) is 32.2 Å². The molecular weight excluding hydrogens is 126 g/mol. The molecule has 2 unspecified atom stereocenters. The summed E-state index contributed by atoms with van der Waals surface area (Å²) in [6, 6.07) is 0.304.